The zero-order chi connectivity index (χ0) is 17.5. The molecule has 126 valence electrons. The minimum Gasteiger partial charge on any atom is -0.481 e. The SMILES string of the molecule is O=C(O)C[C@@H](NC(=O)OCc1ccccc1)c1ccc(Br)cc1Cl. The minimum absolute atomic E-state index is 0.0978. The Kier molecular flexibility index (Phi) is 6.63. The second-order valence-corrected chi connectivity index (χ2v) is 6.35. The van der Waals surface area contributed by atoms with E-state index in [1.807, 2.05) is 30.3 Å². The predicted octanol–water partition coefficient (Wildman–Crippen LogP) is 4.54. The number of halogens is 2. The first kappa shape index (κ1) is 18.3. The van der Waals surface area contributed by atoms with Gasteiger partial charge < -0.3 is 15.2 Å². The number of hydrogen-bond donors (Lipinski definition) is 2. The number of carboxylic acids is 1. The van der Waals surface area contributed by atoms with Gasteiger partial charge in [0.1, 0.15) is 6.61 Å². The average Bonchev–Trinajstić information content (AvgIpc) is 2.53. The zero-order valence-electron chi connectivity index (χ0n) is 12.5. The fourth-order valence-corrected chi connectivity index (χ4v) is 2.91. The van der Waals surface area contributed by atoms with Gasteiger partial charge in [-0.1, -0.05) is 63.9 Å². The van der Waals surface area contributed by atoms with Crippen molar-refractivity contribution in [2.45, 2.75) is 19.1 Å². The number of alkyl carbamates (subject to hydrolysis) is 1. The van der Waals surface area contributed by atoms with Crippen molar-refractivity contribution in [3.63, 3.8) is 0 Å². The van der Waals surface area contributed by atoms with Crippen LogP contribution in [0.1, 0.15) is 23.6 Å². The topological polar surface area (TPSA) is 75.6 Å². The molecular formula is C17H15BrClNO4. The molecular weight excluding hydrogens is 398 g/mol. The summed E-state index contributed by atoms with van der Waals surface area (Å²) in [5, 5.41) is 12.0. The molecule has 0 saturated heterocycles. The molecule has 1 amide bonds. The van der Waals surface area contributed by atoms with Gasteiger partial charge in [-0.3, -0.25) is 4.79 Å². The normalized spacial score (nSPS) is 11.6. The van der Waals surface area contributed by atoms with Crippen molar-refractivity contribution in [1.29, 1.82) is 0 Å². The van der Waals surface area contributed by atoms with Gasteiger partial charge in [0.2, 0.25) is 0 Å². The molecule has 7 heteroatoms. The number of carbonyl (C=O) groups excluding carboxylic acids is 1. The van der Waals surface area contributed by atoms with Crippen LogP contribution in [-0.2, 0) is 16.1 Å². The fraction of sp³-hybridized carbons (Fsp3) is 0.176. The molecule has 2 aromatic carbocycles. The van der Waals surface area contributed by atoms with Crippen LogP contribution in [0.25, 0.3) is 0 Å². The van der Waals surface area contributed by atoms with Crippen LogP contribution in [0.4, 0.5) is 4.79 Å². The Labute approximate surface area is 152 Å². The number of carbonyl (C=O) groups is 2. The van der Waals surface area contributed by atoms with Crippen molar-refractivity contribution in [3.05, 3.63) is 69.2 Å². The molecule has 2 aromatic rings. The van der Waals surface area contributed by atoms with Gasteiger partial charge in [0, 0.05) is 9.50 Å². The number of aliphatic carboxylic acids is 1. The van der Waals surface area contributed by atoms with E-state index in [4.69, 9.17) is 21.4 Å². The van der Waals surface area contributed by atoms with E-state index in [0.717, 1.165) is 10.0 Å². The average molecular weight is 413 g/mol. The summed E-state index contributed by atoms with van der Waals surface area (Å²) in [7, 11) is 0. The maximum Gasteiger partial charge on any atom is 0.407 e. The highest BCUT2D eigenvalue weighted by atomic mass is 79.9. The smallest absolute Gasteiger partial charge is 0.407 e. The summed E-state index contributed by atoms with van der Waals surface area (Å²) in [4.78, 5) is 23.1. The summed E-state index contributed by atoms with van der Waals surface area (Å²) >= 11 is 9.43. The van der Waals surface area contributed by atoms with E-state index in [-0.39, 0.29) is 13.0 Å². The third kappa shape index (κ3) is 5.54. The van der Waals surface area contributed by atoms with Crippen molar-refractivity contribution < 1.29 is 19.4 Å². The first-order valence-electron chi connectivity index (χ1n) is 7.09. The molecule has 0 heterocycles. The molecule has 5 nitrogen and oxygen atoms in total. The van der Waals surface area contributed by atoms with Crippen molar-refractivity contribution in [2.24, 2.45) is 0 Å². The molecule has 0 fully saturated rings. The zero-order valence-corrected chi connectivity index (χ0v) is 14.9. The predicted molar refractivity (Wildman–Crippen MR) is 93.9 cm³/mol. The van der Waals surface area contributed by atoms with Crippen LogP contribution >= 0.6 is 27.5 Å². The number of hydrogen-bond acceptors (Lipinski definition) is 3. The maximum absolute atomic E-state index is 12.0. The summed E-state index contributed by atoms with van der Waals surface area (Å²) in [6, 6.07) is 13.4. The van der Waals surface area contributed by atoms with Gasteiger partial charge in [-0.15, -0.1) is 0 Å². The lowest BCUT2D eigenvalue weighted by molar-refractivity contribution is -0.137. The van der Waals surface area contributed by atoms with Crippen LogP contribution in [0.3, 0.4) is 0 Å². The Morgan fingerprint density at radius 3 is 2.54 bits per heavy atom. The number of amides is 1. The molecule has 0 bridgehead atoms. The molecule has 2 N–H and O–H groups in total. The quantitative estimate of drug-likeness (QED) is 0.730. The Bertz CT molecular complexity index is 724. The Balaban J connectivity index is 2.05. The van der Waals surface area contributed by atoms with E-state index in [1.165, 1.54) is 0 Å². The Morgan fingerprint density at radius 2 is 1.92 bits per heavy atom. The second-order valence-electron chi connectivity index (χ2n) is 5.02. The lowest BCUT2D eigenvalue weighted by Crippen LogP contribution is -2.30. The molecule has 0 unspecified atom stereocenters. The number of rotatable bonds is 6. The lowest BCUT2D eigenvalue weighted by Gasteiger charge is -2.18. The van der Waals surface area contributed by atoms with E-state index in [2.05, 4.69) is 21.2 Å². The van der Waals surface area contributed by atoms with Crippen molar-refractivity contribution in [2.75, 3.05) is 0 Å². The van der Waals surface area contributed by atoms with Crippen molar-refractivity contribution in [1.82, 2.24) is 5.32 Å². The molecule has 0 radical (unpaired) electrons. The summed E-state index contributed by atoms with van der Waals surface area (Å²) < 4.78 is 5.89. The van der Waals surface area contributed by atoms with Crippen molar-refractivity contribution >= 4 is 39.6 Å². The molecule has 0 spiro atoms. The van der Waals surface area contributed by atoms with Crippen LogP contribution in [0.5, 0.6) is 0 Å². The summed E-state index contributed by atoms with van der Waals surface area (Å²) in [6.07, 6.45) is -1.01. The van der Waals surface area contributed by atoms with Crippen LogP contribution in [0, 0.1) is 0 Å². The van der Waals surface area contributed by atoms with Crippen LogP contribution < -0.4 is 5.32 Å². The van der Waals surface area contributed by atoms with E-state index < -0.39 is 18.1 Å². The van der Waals surface area contributed by atoms with Gasteiger partial charge in [0.15, 0.2) is 0 Å². The first-order chi connectivity index (χ1) is 11.5. The maximum atomic E-state index is 12.0. The monoisotopic (exact) mass is 411 g/mol. The van der Waals surface area contributed by atoms with Gasteiger partial charge in [0.25, 0.3) is 0 Å². The van der Waals surface area contributed by atoms with Crippen LogP contribution in [0.15, 0.2) is 53.0 Å². The number of nitrogens with one attached hydrogen (secondary N) is 1. The van der Waals surface area contributed by atoms with Gasteiger partial charge >= 0.3 is 12.1 Å². The molecule has 24 heavy (non-hydrogen) atoms. The van der Waals surface area contributed by atoms with E-state index >= 15 is 0 Å². The van der Waals surface area contributed by atoms with Gasteiger partial charge in [-0.05, 0) is 23.3 Å². The number of ether oxygens (including phenoxy) is 1. The molecule has 1 atom stereocenters. The van der Waals surface area contributed by atoms with Gasteiger partial charge in [-0.2, -0.15) is 0 Å². The Morgan fingerprint density at radius 1 is 1.21 bits per heavy atom. The van der Waals surface area contributed by atoms with E-state index in [1.54, 1.807) is 18.2 Å². The van der Waals surface area contributed by atoms with E-state index in [0.29, 0.717) is 10.6 Å². The molecule has 0 aliphatic heterocycles. The molecule has 0 saturated carbocycles. The third-order valence-electron chi connectivity index (χ3n) is 3.22. The minimum atomic E-state index is -1.05. The largest absolute Gasteiger partial charge is 0.481 e. The highest BCUT2D eigenvalue weighted by Gasteiger charge is 2.21. The van der Waals surface area contributed by atoms with Crippen molar-refractivity contribution in [3.8, 4) is 0 Å². The Hall–Kier alpha value is -2.05. The second kappa shape index (κ2) is 8.70. The van der Waals surface area contributed by atoms with E-state index in [9.17, 15) is 9.59 Å². The van der Waals surface area contributed by atoms with Gasteiger partial charge in [-0.25, -0.2) is 4.79 Å². The summed E-state index contributed by atoms with van der Waals surface area (Å²) in [6.45, 7) is 0.0978. The van der Waals surface area contributed by atoms with Gasteiger partial charge in [0.05, 0.1) is 12.5 Å². The lowest BCUT2D eigenvalue weighted by atomic mass is 10.0. The number of benzene rings is 2. The van der Waals surface area contributed by atoms with Crippen LogP contribution in [0.2, 0.25) is 5.02 Å². The molecule has 0 aliphatic carbocycles. The first-order valence-corrected chi connectivity index (χ1v) is 8.27. The standard InChI is InChI=1S/C17H15BrClNO4/c18-12-6-7-13(14(19)8-12)15(9-16(21)22)20-17(23)24-10-11-4-2-1-3-5-11/h1-8,15H,9-10H2,(H,20,23)(H,21,22)/t15-/m1/s1. The highest BCUT2D eigenvalue weighted by molar-refractivity contribution is 9.10. The molecule has 2 rings (SSSR count). The summed E-state index contributed by atoms with van der Waals surface area (Å²) in [5.74, 6) is -1.05. The van der Waals surface area contributed by atoms with Crippen LogP contribution in [-0.4, -0.2) is 17.2 Å². The summed E-state index contributed by atoms with van der Waals surface area (Å²) in [5.41, 5.74) is 1.35. The highest BCUT2D eigenvalue weighted by Crippen LogP contribution is 2.28. The molecule has 0 aliphatic rings. The molecule has 0 aromatic heterocycles. The third-order valence-corrected chi connectivity index (χ3v) is 4.04. The fourth-order valence-electron chi connectivity index (χ4n) is 2.10. The number of carboxylic acid groups (broad SMARTS) is 1.